The molecular weight excluding hydrogens is 364 g/mol. The van der Waals surface area contributed by atoms with Crippen molar-refractivity contribution in [1.29, 1.82) is 0 Å². The summed E-state index contributed by atoms with van der Waals surface area (Å²) >= 11 is 0. The topological polar surface area (TPSA) is 102 Å². The number of hydrogen-bond acceptors (Lipinski definition) is 5. The third-order valence-corrected chi connectivity index (χ3v) is 3.50. The van der Waals surface area contributed by atoms with Crippen LogP contribution in [-0.2, 0) is 4.79 Å². The summed E-state index contributed by atoms with van der Waals surface area (Å²) in [6, 6.07) is 6.80. The number of nitrogens with one attached hydrogen (secondary N) is 1. The van der Waals surface area contributed by atoms with Gasteiger partial charge in [-0.05, 0) is 30.3 Å². The Morgan fingerprint density at radius 1 is 1.11 bits per heavy atom. The summed E-state index contributed by atoms with van der Waals surface area (Å²) in [5.41, 5.74) is -0.427. The lowest BCUT2D eigenvalue weighted by Crippen LogP contribution is -2.43. The Labute approximate surface area is 150 Å². The van der Waals surface area contributed by atoms with Gasteiger partial charge < -0.3 is 4.84 Å². The Hall–Kier alpha value is -4.04. The monoisotopic (exact) mass is 373 g/mol. The molecule has 0 radical (unpaired) electrons. The maximum absolute atomic E-state index is 13.6. The van der Waals surface area contributed by atoms with Crippen LogP contribution in [0.4, 0.5) is 19.3 Å². The zero-order valence-corrected chi connectivity index (χ0v) is 13.3. The molecular formula is C17H9F2N3O5. The lowest BCUT2D eigenvalue weighted by atomic mass is 10.1. The quantitative estimate of drug-likeness (QED) is 0.504. The van der Waals surface area contributed by atoms with Crippen LogP contribution in [0, 0.1) is 21.7 Å². The number of non-ortho nitro benzene ring substituents is 1. The number of rotatable bonds is 4. The molecule has 27 heavy (non-hydrogen) atoms. The number of carbonyl (C=O) groups is 1. The van der Waals surface area contributed by atoms with E-state index in [1.807, 2.05) is 0 Å². The van der Waals surface area contributed by atoms with Gasteiger partial charge in [0.05, 0.1) is 10.6 Å². The highest BCUT2D eigenvalue weighted by molar-refractivity contribution is 5.92. The molecule has 1 heterocycles. The molecule has 0 aliphatic carbocycles. The van der Waals surface area contributed by atoms with Crippen molar-refractivity contribution in [3.05, 3.63) is 81.5 Å². The van der Waals surface area contributed by atoms with Gasteiger partial charge in [-0.2, -0.15) is 0 Å². The average Bonchev–Trinajstić information content (AvgIpc) is 2.65. The standard InChI is InChI=1S/C17H9F2N3O5/c18-14-6-1-10(7-15(14)19)16-8-11(9-23)20-17(24)21(16)27-13-4-2-12(3-5-13)22(25)26/h1-8H,(H,20,24). The molecule has 0 fully saturated rings. The van der Waals surface area contributed by atoms with Crippen molar-refractivity contribution in [2.24, 2.45) is 0 Å². The second-order valence-electron chi connectivity index (χ2n) is 5.24. The van der Waals surface area contributed by atoms with E-state index < -0.39 is 22.6 Å². The van der Waals surface area contributed by atoms with Gasteiger partial charge in [0.2, 0.25) is 0 Å². The van der Waals surface area contributed by atoms with E-state index in [4.69, 9.17) is 4.84 Å². The largest absolute Gasteiger partial charge is 0.370 e. The Morgan fingerprint density at radius 3 is 2.41 bits per heavy atom. The van der Waals surface area contributed by atoms with Crippen molar-refractivity contribution >= 4 is 23.4 Å². The van der Waals surface area contributed by atoms with Crippen LogP contribution in [0.15, 0.2) is 54.2 Å². The summed E-state index contributed by atoms with van der Waals surface area (Å²) in [7, 11) is 0. The van der Waals surface area contributed by atoms with E-state index in [-0.39, 0.29) is 28.4 Å². The van der Waals surface area contributed by atoms with Crippen LogP contribution in [-0.4, -0.2) is 22.0 Å². The molecule has 1 aliphatic rings. The number of amides is 2. The van der Waals surface area contributed by atoms with Crippen molar-refractivity contribution < 1.29 is 28.1 Å². The molecule has 0 unspecified atom stereocenters. The van der Waals surface area contributed by atoms with E-state index in [0.29, 0.717) is 5.06 Å². The first-order chi connectivity index (χ1) is 12.9. The second-order valence-corrected chi connectivity index (χ2v) is 5.24. The van der Waals surface area contributed by atoms with Gasteiger partial charge in [0.15, 0.2) is 23.3 Å². The van der Waals surface area contributed by atoms with Crippen LogP contribution in [0.25, 0.3) is 5.70 Å². The van der Waals surface area contributed by atoms with Gasteiger partial charge in [0, 0.05) is 23.8 Å². The number of carbonyl (C=O) groups excluding carboxylic acids is 2. The van der Waals surface area contributed by atoms with E-state index in [9.17, 15) is 28.5 Å². The Kier molecular flexibility index (Phi) is 4.65. The van der Waals surface area contributed by atoms with Crippen molar-refractivity contribution in [2.45, 2.75) is 0 Å². The normalized spacial score (nSPS) is 13.6. The Bertz CT molecular complexity index is 1010. The molecule has 2 aromatic rings. The Balaban J connectivity index is 1.99. The molecule has 0 atom stereocenters. The number of hydrogen-bond donors (Lipinski definition) is 1. The fraction of sp³-hybridized carbons (Fsp3) is 0. The van der Waals surface area contributed by atoms with Gasteiger partial charge in [0.1, 0.15) is 5.70 Å². The zero-order valence-electron chi connectivity index (χ0n) is 13.3. The third kappa shape index (κ3) is 3.65. The van der Waals surface area contributed by atoms with Crippen molar-refractivity contribution in [1.82, 2.24) is 10.4 Å². The van der Waals surface area contributed by atoms with Crippen LogP contribution in [0.3, 0.4) is 0 Å². The molecule has 2 aromatic carbocycles. The first-order valence-electron chi connectivity index (χ1n) is 7.35. The second kappa shape index (κ2) is 7.06. The van der Waals surface area contributed by atoms with Gasteiger partial charge in [-0.25, -0.2) is 18.4 Å². The number of urea groups is 1. The van der Waals surface area contributed by atoms with Gasteiger partial charge in [-0.15, -0.1) is 5.06 Å². The van der Waals surface area contributed by atoms with Gasteiger partial charge in [-0.3, -0.25) is 15.4 Å². The molecule has 0 aromatic heterocycles. The predicted octanol–water partition coefficient (Wildman–Crippen LogP) is 2.95. The molecule has 136 valence electrons. The highest BCUT2D eigenvalue weighted by atomic mass is 19.2. The highest BCUT2D eigenvalue weighted by Gasteiger charge is 2.28. The van der Waals surface area contributed by atoms with E-state index >= 15 is 0 Å². The van der Waals surface area contributed by atoms with E-state index in [2.05, 4.69) is 5.32 Å². The highest BCUT2D eigenvalue weighted by Crippen LogP contribution is 2.28. The smallest absolute Gasteiger partial charge is 0.360 e. The summed E-state index contributed by atoms with van der Waals surface area (Å²) in [6.45, 7) is 0. The van der Waals surface area contributed by atoms with Crippen LogP contribution in [0.2, 0.25) is 0 Å². The number of allylic oxidation sites excluding steroid dienone is 1. The molecule has 0 spiro atoms. The molecule has 10 heteroatoms. The minimum Gasteiger partial charge on any atom is -0.370 e. The summed E-state index contributed by atoms with van der Waals surface area (Å²) in [4.78, 5) is 38.6. The molecule has 8 nitrogen and oxygen atoms in total. The van der Waals surface area contributed by atoms with E-state index in [1.165, 1.54) is 24.1 Å². The molecule has 0 saturated heterocycles. The number of nitro groups is 1. The molecule has 2 amide bonds. The minimum absolute atomic E-state index is 0.0541. The summed E-state index contributed by atoms with van der Waals surface area (Å²) in [5.74, 6) is -0.694. The fourth-order valence-electron chi connectivity index (χ4n) is 2.24. The minimum atomic E-state index is -1.16. The van der Waals surface area contributed by atoms with Crippen molar-refractivity contribution in [3.8, 4) is 5.75 Å². The van der Waals surface area contributed by atoms with Crippen molar-refractivity contribution in [3.63, 3.8) is 0 Å². The number of benzene rings is 2. The van der Waals surface area contributed by atoms with Crippen molar-refractivity contribution in [2.75, 3.05) is 0 Å². The summed E-state index contributed by atoms with van der Waals surface area (Å²) < 4.78 is 26.8. The maximum atomic E-state index is 13.6. The zero-order chi connectivity index (χ0) is 19.6. The van der Waals surface area contributed by atoms with Crippen LogP contribution in [0.1, 0.15) is 5.56 Å². The summed E-state index contributed by atoms with van der Waals surface area (Å²) in [5, 5.41) is 13.6. The van der Waals surface area contributed by atoms with E-state index in [1.54, 1.807) is 0 Å². The van der Waals surface area contributed by atoms with E-state index in [0.717, 1.165) is 30.3 Å². The molecule has 1 N–H and O–H groups in total. The Morgan fingerprint density at radius 2 is 1.81 bits per heavy atom. The number of nitro benzene ring substituents is 1. The SMILES string of the molecule is O=C=C1C=C(c2ccc(F)c(F)c2)N(Oc2ccc([N+](=O)[O-])cc2)C(=O)N1. The average molecular weight is 373 g/mol. The number of halogens is 2. The van der Waals surface area contributed by atoms with Crippen LogP contribution in [0.5, 0.6) is 5.75 Å². The number of nitrogens with zero attached hydrogens (tertiary/aromatic N) is 2. The first kappa shape index (κ1) is 17.8. The molecule has 0 saturated carbocycles. The van der Waals surface area contributed by atoms with Crippen LogP contribution < -0.4 is 10.2 Å². The maximum Gasteiger partial charge on any atom is 0.360 e. The van der Waals surface area contributed by atoms with Crippen LogP contribution >= 0.6 is 0 Å². The lowest BCUT2D eigenvalue weighted by Gasteiger charge is -2.28. The molecule has 1 aliphatic heterocycles. The third-order valence-electron chi connectivity index (χ3n) is 3.50. The van der Waals surface area contributed by atoms with Gasteiger partial charge in [-0.1, -0.05) is 0 Å². The first-order valence-corrected chi connectivity index (χ1v) is 7.35. The fourth-order valence-corrected chi connectivity index (χ4v) is 2.24. The van der Waals surface area contributed by atoms with Gasteiger partial charge >= 0.3 is 6.03 Å². The molecule has 3 rings (SSSR count). The van der Waals surface area contributed by atoms with Gasteiger partial charge in [0.25, 0.3) is 5.69 Å². The lowest BCUT2D eigenvalue weighted by molar-refractivity contribution is -0.384. The summed E-state index contributed by atoms with van der Waals surface area (Å²) in [6.07, 6.45) is 1.16. The molecule has 0 bridgehead atoms. The predicted molar refractivity (Wildman–Crippen MR) is 87.6 cm³/mol. The number of hydroxylamine groups is 2.